The lowest BCUT2D eigenvalue weighted by atomic mass is 10.0. The van der Waals surface area contributed by atoms with Crippen molar-refractivity contribution in [3.05, 3.63) is 71.3 Å². The molecule has 0 radical (unpaired) electrons. The second kappa shape index (κ2) is 9.31. The molecule has 2 aromatic carbocycles. The summed E-state index contributed by atoms with van der Waals surface area (Å²) in [7, 11) is 1.64. The molecule has 0 unspecified atom stereocenters. The molecule has 4 nitrogen and oxygen atoms in total. The quantitative estimate of drug-likeness (QED) is 0.793. The van der Waals surface area contributed by atoms with E-state index in [0.717, 1.165) is 43.6 Å². The third kappa shape index (κ3) is 5.73. The van der Waals surface area contributed by atoms with Gasteiger partial charge in [-0.05, 0) is 23.3 Å². The molecular formula is C22H26F3N2O2+. The first kappa shape index (κ1) is 21.2. The van der Waals surface area contributed by atoms with Crippen LogP contribution in [0.5, 0.6) is 0 Å². The number of benzene rings is 2. The van der Waals surface area contributed by atoms with Crippen LogP contribution in [0.1, 0.15) is 35.6 Å². The molecule has 0 spiro atoms. The fourth-order valence-corrected chi connectivity index (χ4v) is 3.67. The Morgan fingerprint density at radius 2 is 1.69 bits per heavy atom. The molecule has 1 fully saturated rings. The molecule has 1 amide bonds. The van der Waals surface area contributed by atoms with Crippen LogP contribution in [0.4, 0.5) is 18.0 Å². The number of alkyl halides is 3. The maximum absolute atomic E-state index is 12.9. The zero-order valence-electron chi connectivity index (χ0n) is 16.4. The Labute approximate surface area is 168 Å². The van der Waals surface area contributed by atoms with Crippen molar-refractivity contribution in [1.29, 1.82) is 0 Å². The number of rotatable bonds is 6. The maximum atomic E-state index is 12.9. The molecule has 1 N–H and O–H groups in total. The number of nitrogens with zero attached hydrogens (tertiary/aromatic N) is 1. The lowest BCUT2D eigenvalue weighted by Crippen LogP contribution is -3.10. The van der Waals surface area contributed by atoms with Gasteiger partial charge < -0.3 is 9.64 Å². The second-order valence-corrected chi connectivity index (χ2v) is 7.45. The molecule has 156 valence electrons. The Kier molecular flexibility index (Phi) is 6.79. The van der Waals surface area contributed by atoms with Crippen LogP contribution in [0.2, 0.25) is 0 Å². The van der Waals surface area contributed by atoms with E-state index in [1.54, 1.807) is 7.05 Å². The van der Waals surface area contributed by atoms with E-state index < -0.39 is 17.8 Å². The largest absolute Gasteiger partial charge is 0.445 e. The fourth-order valence-electron chi connectivity index (χ4n) is 3.67. The van der Waals surface area contributed by atoms with Crippen molar-refractivity contribution in [3.63, 3.8) is 0 Å². The number of likely N-dealkylation sites (N-methyl/N-ethyl adjacent to an activating group) is 1. The molecule has 0 saturated carbocycles. The SMILES string of the molecule is CN(C(=O)OCc1ccccc1)[C@H](C[NH+]1CCCC1)c1ccc(C(F)(F)F)cc1. The summed E-state index contributed by atoms with van der Waals surface area (Å²) in [6.07, 6.45) is -2.62. The summed E-state index contributed by atoms with van der Waals surface area (Å²) in [6, 6.07) is 14.1. The third-order valence-electron chi connectivity index (χ3n) is 5.38. The molecule has 29 heavy (non-hydrogen) atoms. The number of hydrogen-bond donors (Lipinski definition) is 1. The molecule has 1 aliphatic heterocycles. The van der Waals surface area contributed by atoms with Crippen LogP contribution in [0.25, 0.3) is 0 Å². The van der Waals surface area contributed by atoms with E-state index in [0.29, 0.717) is 12.1 Å². The zero-order chi connectivity index (χ0) is 20.9. The van der Waals surface area contributed by atoms with E-state index in [2.05, 4.69) is 0 Å². The Hall–Kier alpha value is -2.54. The van der Waals surface area contributed by atoms with Crippen molar-refractivity contribution < 1.29 is 27.6 Å². The molecule has 1 atom stereocenters. The molecule has 2 aromatic rings. The van der Waals surface area contributed by atoms with E-state index in [1.165, 1.54) is 21.9 Å². The smallest absolute Gasteiger partial charge is 0.416 e. The highest BCUT2D eigenvalue weighted by Gasteiger charge is 2.32. The number of quaternary nitrogens is 1. The van der Waals surface area contributed by atoms with Crippen LogP contribution < -0.4 is 4.90 Å². The number of amides is 1. The molecule has 0 aliphatic carbocycles. The molecular weight excluding hydrogens is 381 g/mol. The molecule has 1 saturated heterocycles. The van der Waals surface area contributed by atoms with Gasteiger partial charge in [-0.2, -0.15) is 13.2 Å². The van der Waals surface area contributed by atoms with Gasteiger partial charge in [0.25, 0.3) is 0 Å². The van der Waals surface area contributed by atoms with Crippen molar-refractivity contribution >= 4 is 6.09 Å². The fraction of sp³-hybridized carbons (Fsp3) is 0.409. The first-order chi connectivity index (χ1) is 13.8. The Bertz CT molecular complexity index is 788. The second-order valence-electron chi connectivity index (χ2n) is 7.45. The van der Waals surface area contributed by atoms with Crippen LogP contribution >= 0.6 is 0 Å². The minimum atomic E-state index is -4.38. The molecule has 1 aliphatic rings. The first-order valence-corrected chi connectivity index (χ1v) is 9.79. The van der Waals surface area contributed by atoms with Gasteiger partial charge in [-0.25, -0.2) is 4.79 Å². The van der Waals surface area contributed by atoms with Crippen LogP contribution in [0.3, 0.4) is 0 Å². The van der Waals surface area contributed by atoms with Gasteiger partial charge in [0.05, 0.1) is 18.7 Å². The third-order valence-corrected chi connectivity index (χ3v) is 5.38. The van der Waals surface area contributed by atoms with E-state index in [9.17, 15) is 18.0 Å². The van der Waals surface area contributed by atoms with Crippen LogP contribution in [-0.4, -0.2) is 37.7 Å². The van der Waals surface area contributed by atoms with Gasteiger partial charge in [0.1, 0.15) is 19.2 Å². The molecule has 0 aromatic heterocycles. The van der Waals surface area contributed by atoms with Crippen molar-refractivity contribution in [2.75, 3.05) is 26.7 Å². The standard InChI is InChI=1S/C22H25F3N2O2/c1-26(21(28)29-16-17-7-3-2-4-8-17)20(15-27-13-5-6-14-27)18-9-11-19(12-10-18)22(23,24)25/h2-4,7-12,20H,5-6,13-16H2,1H3/p+1/t20-/m1/s1. The zero-order valence-corrected chi connectivity index (χ0v) is 16.4. The normalized spacial score (nSPS) is 15.9. The summed E-state index contributed by atoms with van der Waals surface area (Å²) in [5.41, 5.74) is 0.866. The number of halogens is 3. The summed E-state index contributed by atoms with van der Waals surface area (Å²) in [6.45, 7) is 2.80. The average molecular weight is 407 g/mol. The predicted octanol–water partition coefficient (Wildman–Crippen LogP) is 3.69. The van der Waals surface area contributed by atoms with E-state index >= 15 is 0 Å². The minimum Gasteiger partial charge on any atom is -0.445 e. The highest BCUT2D eigenvalue weighted by atomic mass is 19.4. The van der Waals surface area contributed by atoms with E-state index in [4.69, 9.17) is 4.74 Å². The topological polar surface area (TPSA) is 34.0 Å². The summed E-state index contributed by atoms with van der Waals surface area (Å²) in [5, 5.41) is 0. The number of nitrogens with one attached hydrogen (secondary N) is 1. The summed E-state index contributed by atoms with van der Waals surface area (Å²) < 4.78 is 44.2. The number of likely N-dealkylation sites (tertiary alicyclic amines) is 1. The summed E-state index contributed by atoms with van der Waals surface area (Å²) in [5.74, 6) is 0. The molecule has 7 heteroatoms. The van der Waals surface area contributed by atoms with E-state index in [1.807, 2.05) is 30.3 Å². The number of carbonyl (C=O) groups excluding carboxylic acids is 1. The van der Waals surface area contributed by atoms with Crippen LogP contribution in [0, 0.1) is 0 Å². The summed E-state index contributed by atoms with van der Waals surface area (Å²) >= 11 is 0. The number of carbonyl (C=O) groups is 1. The maximum Gasteiger partial charge on any atom is 0.416 e. The van der Waals surface area contributed by atoms with Crippen molar-refractivity contribution in [3.8, 4) is 0 Å². The van der Waals surface area contributed by atoms with Gasteiger partial charge in [-0.1, -0.05) is 42.5 Å². The van der Waals surface area contributed by atoms with Gasteiger partial charge in [-0.3, -0.25) is 4.90 Å². The summed E-state index contributed by atoms with van der Waals surface area (Å²) in [4.78, 5) is 15.5. The molecule has 0 bridgehead atoms. The predicted molar refractivity (Wildman–Crippen MR) is 103 cm³/mol. The van der Waals surface area contributed by atoms with Crippen molar-refractivity contribution in [2.45, 2.75) is 31.7 Å². The monoisotopic (exact) mass is 407 g/mol. The molecule has 3 rings (SSSR count). The first-order valence-electron chi connectivity index (χ1n) is 9.79. The van der Waals surface area contributed by atoms with Crippen LogP contribution in [-0.2, 0) is 17.5 Å². The van der Waals surface area contributed by atoms with Gasteiger partial charge >= 0.3 is 12.3 Å². The van der Waals surface area contributed by atoms with Gasteiger partial charge in [0, 0.05) is 19.9 Å². The Morgan fingerprint density at radius 1 is 1.07 bits per heavy atom. The molecule has 1 heterocycles. The van der Waals surface area contributed by atoms with Gasteiger partial charge in [-0.15, -0.1) is 0 Å². The number of hydrogen-bond acceptors (Lipinski definition) is 2. The highest BCUT2D eigenvalue weighted by molar-refractivity contribution is 5.68. The minimum absolute atomic E-state index is 0.153. The Morgan fingerprint density at radius 3 is 2.28 bits per heavy atom. The van der Waals surface area contributed by atoms with E-state index in [-0.39, 0.29) is 12.6 Å². The van der Waals surface area contributed by atoms with Gasteiger partial charge in [0.15, 0.2) is 0 Å². The lowest BCUT2D eigenvalue weighted by Gasteiger charge is -2.29. The average Bonchev–Trinajstić information content (AvgIpc) is 3.23. The number of ether oxygens (including phenoxy) is 1. The van der Waals surface area contributed by atoms with Crippen molar-refractivity contribution in [2.24, 2.45) is 0 Å². The van der Waals surface area contributed by atoms with Crippen molar-refractivity contribution in [1.82, 2.24) is 4.90 Å². The Balaban J connectivity index is 1.73. The van der Waals surface area contributed by atoms with Gasteiger partial charge in [0.2, 0.25) is 0 Å². The lowest BCUT2D eigenvalue weighted by molar-refractivity contribution is -0.890. The van der Waals surface area contributed by atoms with Crippen LogP contribution in [0.15, 0.2) is 54.6 Å². The highest BCUT2D eigenvalue weighted by Crippen LogP contribution is 2.30.